The van der Waals surface area contributed by atoms with E-state index in [1.807, 2.05) is 51.1 Å². The van der Waals surface area contributed by atoms with E-state index in [2.05, 4.69) is 5.10 Å². The smallest absolute Gasteiger partial charge is 0.410 e. The molecule has 0 aliphatic carbocycles. The molecular weight excluding hydrogens is 347 g/mol. The number of carbonyl (C=O) groups is 1. The average molecular weight is 374 g/mol. The number of likely N-dealkylation sites (tertiary alicyclic amines) is 1. The minimum Gasteiger partial charge on any atom is -0.444 e. The number of amides is 1. The van der Waals surface area contributed by atoms with Crippen LogP contribution in [0.4, 0.5) is 14.9 Å². The number of ether oxygens (including phenoxy) is 1. The molecule has 1 atom stereocenters. The van der Waals surface area contributed by atoms with Crippen LogP contribution in [-0.2, 0) is 4.74 Å². The molecule has 3 rings (SSSR count). The highest BCUT2D eigenvalue weighted by Gasteiger charge is 2.45. The van der Waals surface area contributed by atoms with Crippen molar-refractivity contribution in [1.82, 2.24) is 14.7 Å². The summed E-state index contributed by atoms with van der Waals surface area (Å²) in [6, 6.07) is 8.85. The molecule has 1 amide bonds. The Morgan fingerprint density at radius 2 is 1.89 bits per heavy atom. The van der Waals surface area contributed by atoms with Crippen LogP contribution in [0.15, 0.2) is 42.7 Å². The molecule has 146 valence electrons. The Morgan fingerprint density at radius 3 is 2.41 bits per heavy atom. The molecule has 7 heteroatoms. The fourth-order valence-electron chi connectivity index (χ4n) is 3.48. The van der Waals surface area contributed by atoms with Gasteiger partial charge in [-0.05, 0) is 26.3 Å². The predicted octanol–water partition coefficient (Wildman–Crippen LogP) is 3.79. The van der Waals surface area contributed by atoms with Crippen LogP contribution < -0.4 is 5.73 Å². The third-order valence-electron chi connectivity index (χ3n) is 4.74. The van der Waals surface area contributed by atoms with Crippen LogP contribution in [0.3, 0.4) is 0 Å². The van der Waals surface area contributed by atoms with Gasteiger partial charge in [-0.3, -0.25) is 4.68 Å². The topological polar surface area (TPSA) is 73.4 Å². The van der Waals surface area contributed by atoms with Crippen LogP contribution in [0.2, 0.25) is 0 Å². The van der Waals surface area contributed by atoms with Crippen molar-refractivity contribution in [3.63, 3.8) is 0 Å². The molecule has 1 aliphatic heterocycles. The number of hydrogen-bond donors (Lipinski definition) is 1. The minimum atomic E-state index is -1.54. The summed E-state index contributed by atoms with van der Waals surface area (Å²) in [6.45, 7) is 6.06. The Hall–Kier alpha value is -2.57. The van der Waals surface area contributed by atoms with Gasteiger partial charge in [-0.25, -0.2) is 9.18 Å². The number of rotatable bonds is 3. The van der Waals surface area contributed by atoms with Crippen LogP contribution in [-0.4, -0.2) is 45.1 Å². The molecule has 1 fully saturated rings. The van der Waals surface area contributed by atoms with Gasteiger partial charge in [-0.2, -0.15) is 5.10 Å². The molecule has 1 aromatic carbocycles. The quantitative estimate of drug-likeness (QED) is 0.887. The number of nitrogens with two attached hydrogens (primary N) is 1. The maximum Gasteiger partial charge on any atom is 0.410 e. The van der Waals surface area contributed by atoms with Gasteiger partial charge in [0.05, 0.1) is 11.9 Å². The summed E-state index contributed by atoms with van der Waals surface area (Å²) in [7, 11) is 0. The third-order valence-corrected chi connectivity index (χ3v) is 4.74. The van der Waals surface area contributed by atoms with Gasteiger partial charge in [0.1, 0.15) is 17.3 Å². The summed E-state index contributed by atoms with van der Waals surface area (Å²) in [5.41, 5.74) is 5.02. The van der Waals surface area contributed by atoms with Crippen molar-refractivity contribution in [1.29, 1.82) is 0 Å². The summed E-state index contributed by atoms with van der Waals surface area (Å²) < 4.78 is 23.1. The van der Waals surface area contributed by atoms with Gasteiger partial charge in [0, 0.05) is 32.1 Å². The van der Waals surface area contributed by atoms with Gasteiger partial charge in [0.2, 0.25) is 0 Å². The first-order chi connectivity index (χ1) is 12.7. The summed E-state index contributed by atoms with van der Waals surface area (Å²) in [6.07, 6.45) is 3.18. The number of nitrogen functional groups attached to an aromatic ring is 1. The van der Waals surface area contributed by atoms with Gasteiger partial charge in [-0.15, -0.1) is 0 Å². The van der Waals surface area contributed by atoms with E-state index in [1.165, 1.54) is 6.20 Å². The lowest BCUT2D eigenvalue weighted by Gasteiger charge is -2.41. The molecular formula is C20H27FN4O2. The zero-order valence-electron chi connectivity index (χ0n) is 16.1. The number of aromatic nitrogens is 2. The van der Waals surface area contributed by atoms with E-state index < -0.39 is 23.4 Å². The Kier molecular flexibility index (Phi) is 5.13. The van der Waals surface area contributed by atoms with Gasteiger partial charge < -0.3 is 15.4 Å². The first-order valence-electron chi connectivity index (χ1n) is 9.19. The Balaban J connectivity index is 1.81. The van der Waals surface area contributed by atoms with Crippen LogP contribution >= 0.6 is 0 Å². The molecule has 6 nitrogen and oxygen atoms in total. The van der Waals surface area contributed by atoms with Gasteiger partial charge >= 0.3 is 6.09 Å². The lowest BCUT2D eigenvalue weighted by molar-refractivity contribution is -0.00815. The van der Waals surface area contributed by atoms with Crippen LogP contribution in [0.1, 0.15) is 45.2 Å². The molecule has 1 aliphatic rings. The molecule has 0 saturated carbocycles. The second-order valence-corrected chi connectivity index (χ2v) is 8.07. The monoisotopic (exact) mass is 374 g/mol. The Bertz CT molecular complexity index is 777. The maximum atomic E-state index is 16.1. The first kappa shape index (κ1) is 19.2. The van der Waals surface area contributed by atoms with Crippen molar-refractivity contribution in [2.45, 2.75) is 50.9 Å². The number of hydrogen-bond acceptors (Lipinski definition) is 4. The van der Waals surface area contributed by atoms with Gasteiger partial charge in [0.15, 0.2) is 0 Å². The molecule has 2 heterocycles. The highest BCUT2D eigenvalue weighted by Crippen LogP contribution is 2.41. The largest absolute Gasteiger partial charge is 0.444 e. The molecule has 0 radical (unpaired) electrons. The van der Waals surface area contributed by atoms with Crippen molar-refractivity contribution < 1.29 is 13.9 Å². The van der Waals surface area contributed by atoms with E-state index in [4.69, 9.17) is 10.5 Å². The minimum absolute atomic E-state index is 0.200. The zero-order valence-corrected chi connectivity index (χ0v) is 16.1. The highest BCUT2D eigenvalue weighted by molar-refractivity contribution is 5.68. The standard InChI is InChI=1S/C20H27FN4O2/c1-19(2,3)27-18(26)24-11-9-20(21,10-12-24)17(15-7-5-4-6-8-15)25-14-16(22)13-23-25/h4-8,13-14,17H,9-12,22H2,1-3H3. The number of anilines is 1. The van der Waals surface area contributed by atoms with E-state index >= 15 is 4.39 Å². The summed E-state index contributed by atoms with van der Waals surface area (Å²) in [5, 5.41) is 4.26. The molecule has 0 spiro atoms. The number of carbonyl (C=O) groups excluding carboxylic acids is 1. The van der Waals surface area contributed by atoms with Crippen molar-refractivity contribution in [3.05, 3.63) is 48.3 Å². The fraction of sp³-hybridized carbons (Fsp3) is 0.500. The van der Waals surface area contributed by atoms with E-state index in [0.717, 1.165) is 5.56 Å². The second kappa shape index (κ2) is 7.21. The Labute approximate surface area is 159 Å². The molecule has 2 aromatic rings. The molecule has 2 N–H and O–H groups in total. The van der Waals surface area contributed by atoms with Crippen LogP contribution in [0.25, 0.3) is 0 Å². The summed E-state index contributed by atoms with van der Waals surface area (Å²) in [5.74, 6) is 0. The van der Waals surface area contributed by atoms with Crippen molar-refractivity contribution >= 4 is 11.8 Å². The first-order valence-corrected chi connectivity index (χ1v) is 9.19. The van der Waals surface area contributed by atoms with Gasteiger partial charge in [-0.1, -0.05) is 30.3 Å². The molecule has 1 unspecified atom stereocenters. The Morgan fingerprint density at radius 1 is 1.26 bits per heavy atom. The lowest BCUT2D eigenvalue weighted by Crippen LogP contribution is -2.49. The SMILES string of the molecule is CC(C)(C)OC(=O)N1CCC(F)(C(c2ccccc2)n2cc(N)cn2)CC1. The molecule has 1 aromatic heterocycles. The number of piperidine rings is 1. The lowest BCUT2D eigenvalue weighted by atomic mass is 9.82. The maximum absolute atomic E-state index is 16.1. The number of nitrogens with zero attached hydrogens (tertiary/aromatic N) is 3. The van der Waals surface area contributed by atoms with Crippen LogP contribution in [0, 0.1) is 0 Å². The predicted molar refractivity (Wildman–Crippen MR) is 102 cm³/mol. The number of alkyl halides is 1. The van der Waals surface area contributed by atoms with Crippen LogP contribution in [0.5, 0.6) is 0 Å². The second-order valence-electron chi connectivity index (χ2n) is 8.07. The van der Waals surface area contributed by atoms with Crippen molar-refractivity contribution in [3.8, 4) is 0 Å². The van der Waals surface area contributed by atoms with E-state index in [-0.39, 0.29) is 12.8 Å². The highest BCUT2D eigenvalue weighted by atomic mass is 19.1. The number of benzene rings is 1. The third kappa shape index (κ3) is 4.40. The zero-order chi connectivity index (χ0) is 19.7. The summed E-state index contributed by atoms with van der Waals surface area (Å²) in [4.78, 5) is 13.9. The summed E-state index contributed by atoms with van der Waals surface area (Å²) >= 11 is 0. The fourth-order valence-corrected chi connectivity index (χ4v) is 3.48. The normalized spacial score (nSPS) is 18.1. The van der Waals surface area contributed by atoms with Gasteiger partial charge in [0.25, 0.3) is 0 Å². The molecule has 0 bridgehead atoms. The average Bonchev–Trinajstić information content (AvgIpc) is 3.00. The van der Waals surface area contributed by atoms with Crippen molar-refractivity contribution in [2.24, 2.45) is 0 Å². The molecule has 1 saturated heterocycles. The number of halogens is 1. The van der Waals surface area contributed by atoms with E-state index in [9.17, 15) is 4.79 Å². The molecule has 27 heavy (non-hydrogen) atoms. The van der Waals surface area contributed by atoms with E-state index in [0.29, 0.717) is 18.8 Å². The van der Waals surface area contributed by atoms with E-state index in [1.54, 1.807) is 15.8 Å². The van der Waals surface area contributed by atoms with Crippen molar-refractivity contribution in [2.75, 3.05) is 18.8 Å².